The molecule has 12 aromatic carbocycles. The van der Waals surface area contributed by atoms with Gasteiger partial charge in [0.2, 0.25) is 22.8 Å². The summed E-state index contributed by atoms with van der Waals surface area (Å²) in [6.45, 7) is 18.3. The fourth-order valence-electron chi connectivity index (χ4n) is 24.9. The minimum atomic E-state index is 0.161. The molecule has 20 heterocycles. The van der Waals surface area contributed by atoms with E-state index in [9.17, 15) is 0 Å². The molecule has 0 amide bonds. The molecule has 0 saturated carbocycles. The summed E-state index contributed by atoms with van der Waals surface area (Å²) >= 11 is 0. The van der Waals surface area contributed by atoms with E-state index in [1.165, 1.54) is 244 Å². The normalized spacial score (nSPS) is 14.8. The van der Waals surface area contributed by atoms with Gasteiger partial charge >= 0.3 is 27.9 Å². The second kappa shape index (κ2) is 22.6. The maximum Gasteiger partial charge on any atom is 0.421 e. The number of nitrogens with zero attached hydrogens (tertiary/aromatic N) is 12. The van der Waals surface area contributed by atoms with Gasteiger partial charge in [-0.1, -0.05) is 203 Å². The van der Waals surface area contributed by atoms with Crippen molar-refractivity contribution in [2.45, 2.75) is 79.6 Å². The van der Waals surface area contributed by atoms with Gasteiger partial charge in [-0.05, 0) is 137 Å². The van der Waals surface area contributed by atoms with Crippen LogP contribution in [-0.4, -0.2) is 45.8 Å². The first-order valence-electron chi connectivity index (χ1n) is 43.0. The van der Waals surface area contributed by atoms with Crippen molar-refractivity contribution < 1.29 is 18.3 Å². The van der Waals surface area contributed by atoms with E-state index >= 15 is 0 Å². The van der Waals surface area contributed by atoms with E-state index in [1.807, 2.05) is 0 Å². The third-order valence-corrected chi connectivity index (χ3v) is 29.3. The van der Waals surface area contributed by atoms with Gasteiger partial charge in [-0.2, -0.15) is 18.3 Å². The zero-order valence-electron chi connectivity index (χ0n) is 67.4. The van der Waals surface area contributed by atoms with Crippen molar-refractivity contribution in [3.8, 4) is 45.0 Å². The molecule has 12 aliphatic rings. The standard InChI is InChI=1S/2C27H21BN3.2C25H17BN3/c1-16(2)18-13-14-29-15-17-7-5-10-21-24(17)27(29)26(18)31-23-12-6-9-20-19-8-3-4-11-22(19)30(25(20)23)28(21)31;1-16(2)17-13-18-15-29-12-6-11-24-27(29)25(18)21(14-17)28-30(24)23-10-5-8-20-19-7-3-4-9-22(19)31(28)26(20)23;1-15-12-13-27-14-16-6-4-9-19-22(16)25(27)23(15)29-21-11-5-8-18-17-7-2-3-10-20(17)28(24(18)21)26(19)29;1-15-12-16-14-27-11-5-10-22-25(27)23(16)19(13-15)26-28(22)21-9-4-7-18-17-6-2-3-8-20(17)29(26)24(18)21/h2*3-14,16H,15H2,1-2H3;2*2-13H,14H2,1H3/q4*+1. The largest absolute Gasteiger partial charge is 0.421 e. The summed E-state index contributed by atoms with van der Waals surface area (Å²) in [6.07, 6.45) is 9.02. The topological polar surface area (TPSA) is 48.2 Å². The molecule has 0 unspecified atom stereocenters. The van der Waals surface area contributed by atoms with Crippen molar-refractivity contribution in [1.82, 2.24) is 17.9 Å². The Hall–Kier alpha value is -14.1. The Bertz CT molecular complexity index is 8250. The lowest BCUT2D eigenvalue weighted by Gasteiger charge is -2.33. The number of para-hydroxylation sites is 8. The second-order valence-corrected chi connectivity index (χ2v) is 36.0. The molecule has 0 fully saturated rings. The summed E-state index contributed by atoms with van der Waals surface area (Å²) in [5, 5.41) is 10.8. The molecule has 0 N–H and O–H groups in total. The highest BCUT2D eigenvalue weighted by Gasteiger charge is 2.56. The Labute approximate surface area is 694 Å². The van der Waals surface area contributed by atoms with E-state index in [2.05, 4.69) is 389 Å². The molecule has 12 aliphatic heterocycles. The van der Waals surface area contributed by atoms with Crippen LogP contribution < -0.4 is 59.4 Å². The van der Waals surface area contributed by atoms with E-state index in [0.717, 1.165) is 26.2 Å². The summed E-state index contributed by atoms with van der Waals surface area (Å²) < 4.78 is 20.1. The Morgan fingerprint density at radius 2 is 0.633 bits per heavy atom. The first-order valence-corrected chi connectivity index (χ1v) is 43.0. The highest BCUT2D eigenvalue weighted by Crippen LogP contribution is 2.57. The number of hydrogen-bond acceptors (Lipinski definition) is 4. The highest BCUT2D eigenvalue weighted by atomic mass is 15.3. The van der Waals surface area contributed by atoms with Gasteiger partial charge in [0.15, 0.2) is 51.0 Å². The first-order chi connectivity index (χ1) is 59.1. The van der Waals surface area contributed by atoms with Crippen LogP contribution in [0.4, 0.5) is 45.5 Å². The number of hydrogen-bond donors (Lipinski definition) is 0. The van der Waals surface area contributed by atoms with Gasteiger partial charge in [0.05, 0.1) is 67.1 Å². The van der Waals surface area contributed by atoms with Gasteiger partial charge in [-0.25, -0.2) is 0 Å². The van der Waals surface area contributed by atoms with Gasteiger partial charge in [-0.3, -0.25) is 0 Å². The average Bonchev–Trinajstić information content (AvgIpc) is 1.52. The molecular formula is C104H76B4N12+4. The minimum absolute atomic E-state index is 0.161. The Balaban J connectivity index is 0.0000000812. The van der Waals surface area contributed by atoms with Crippen molar-refractivity contribution in [2.75, 3.05) is 19.2 Å². The highest BCUT2D eigenvalue weighted by molar-refractivity contribution is 6.85. The quantitative estimate of drug-likeness (QED) is 0.128. The fourth-order valence-corrected chi connectivity index (χ4v) is 24.9. The molecule has 20 aromatic rings. The van der Waals surface area contributed by atoms with Crippen molar-refractivity contribution >= 4 is 183 Å². The first kappa shape index (κ1) is 65.0. The van der Waals surface area contributed by atoms with Gasteiger partial charge in [-0.15, -0.1) is 0 Å². The van der Waals surface area contributed by atoms with Crippen LogP contribution >= 0.6 is 0 Å². The number of anilines is 8. The molecule has 0 saturated heterocycles. The van der Waals surface area contributed by atoms with E-state index in [1.54, 1.807) is 0 Å². The van der Waals surface area contributed by atoms with Crippen LogP contribution in [0.2, 0.25) is 0 Å². The number of pyridine rings is 4. The Morgan fingerprint density at radius 3 is 1.09 bits per heavy atom. The van der Waals surface area contributed by atoms with E-state index in [0.29, 0.717) is 11.8 Å². The minimum Gasteiger partial charge on any atom is -0.359 e. The maximum absolute atomic E-state index is 2.63. The summed E-state index contributed by atoms with van der Waals surface area (Å²) in [5.74, 6) is 0.974. The van der Waals surface area contributed by atoms with E-state index < -0.39 is 0 Å². The fraction of sp³-hybridized carbons (Fsp3) is 0.115. The van der Waals surface area contributed by atoms with Crippen LogP contribution in [0.25, 0.3) is 132 Å². The number of aryl methyl sites for hydroxylation is 2. The van der Waals surface area contributed by atoms with Crippen LogP contribution in [-0.2, 0) is 26.2 Å². The van der Waals surface area contributed by atoms with Gasteiger partial charge in [0.25, 0.3) is 0 Å². The van der Waals surface area contributed by atoms with Crippen LogP contribution in [0.1, 0.15) is 84.0 Å². The summed E-state index contributed by atoms with van der Waals surface area (Å²) in [5.41, 5.74) is 49.9. The van der Waals surface area contributed by atoms with Gasteiger partial charge < -0.3 is 37.2 Å². The summed E-state index contributed by atoms with van der Waals surface area (Å²) in [7, 11) is 0. The number of aromatic nitrogens is 8. The summed E-state index contributed by atoms with van der Waals surface area (Å²) in [6, 6.07) is 99.8. The number of benzene rings is 12. The SMILES string of the molecule is CC(C)c1cc2c3c(c1)B1N(c4ccc[n+](c4-3)C2)c2cccc3c4ccccc4n1c23.CC(C)c1cc[n+]2c3c1N1B(c4cccc(c4-3)C2)n2c3ccccc3c3cccc1c32.Cc1cc2c3c(c1)B1N(c4ccc[n+](c4-3)C2)c2cccc3c4ccccc4n1c23.Cc1cc[n+]2c3c1N1B(c4cccc(c4-3)C2)n2c3ccccc3c3cccc1c32. The molecule has 0 aliphatic carbocycles. The number of rotatable bonds is 2. The second-order valence-electron chi connectivity index (χ2n) is 36.0. The van der Waals surface area contributed by atoms with Crippen molar-refractivity contribution in [3.63, 3.8) is 0 Å². The van der Waals surface area contributed by atoms with Crippen LogP contribution in [0.3, 0.4) is 0 Å². The monoisotopic (exact) mass is 1540 g/mol. The third kappa shape index (κ3) is 7.79. The molecule has 0 atom stereocenters. The van der Waals surface area contributed by atoms with Crippen LogP contribution in [0.15, 0.2) is 292 Å². The van der Waals surface area contributed by atoms with Crippen LogP contribution in [0, 0.1) is 13.8 Å². The van der Waals surface area contributed by atoms with E-state index in [4.69, 9.17) is 0 Å². The predicted octanol–water partition coefficient (Wildman–Crippen LogP) is 18.1. The van der Waals surface area contributed by atoms with Crippen LogP contribution in [0.5, 0.6) is 0 Å². The molecule has 16 heteroatoms. The molecule has 0 spiro atoms. The van der Waals surface area contributed by atoms with E-state index in [-0.39, 0.29) is 27.9 Å². The molecule has 0 bridgehead atoms. The zero-order valence-corrected chi connectivity index (χ0v) is 67.4. The van der Waals surface area contributed by atoms with Gasteiger partial charge in [0.1, 0.15) is 22.7 Å². The molecular weight excluding hydrogens is 1460 g/mol. The predicted molar refractivity (Wildman–Crippen MR) is 492 cm³/mol. The van der Waals surface area contributed by atoms with Crippen molar-refractivity contribution in [3.05, 3.63) is 336 Å². The smallest absolute Gasteiger partial charge is 0.359 e. The Kier molecular flexibility index (Phi) is 12.2. The van der Waals surface area contributed by atoms with Gasteiger partial charge in [0, 0.05) is 112 Å². The molecule has 0 radical (unpaired) electrons. The van der Waals surface area contributed by atoms with Crippen molar-refractivity contribution in [2.24, 2.45) is 0 Å². The van der Waals surface area contributed by atoms with Crippen molar-refractivity contribution in [1.29, 1.82) is 0 Å². The number of fused-ring (bicyclic) bond motifs is 32. The molecule has 120 heavy (non-hydrogen) atoms. The zero-order chi connectivity index (χ0) is 78.6. The maximum atomic E-state index is 2.63. The average molecular weight is 1540 g/mol. The molecule has 32 rings (SSSR count). The summed E-state index contributed by atoms with van der Waals surface area (Å²) in [4.78, 5) is 10.4. The molecule has 8 aromatic heterocycles. The lowest BCUT2D eigenvalue weighted by Crippen LogP contribution is -2.53. The lowest BCUT2D eigenvalue weighted by atomic mass is 9.60. The third-order valence-electron chi connectivity index (χ3n) is 29.3. The molecule has 12 nitrogen and oxygen atoms in total. The lowest BCUT2D eigenvalue weighted by molar-refractivity contribution is -0.671. The Morgan fingerprint density at radius 1 is 0.275 bits per heavy atom. The molecule has 560 valence electrons.